The second-order valence-electron chi connectivity index (χ2n) is 5.50. The molecule has 0 fully saturated rings. The van der Waals surface area contributed by atoms with E-state index in [0.717, 1.165) is 17.1 Å². The summed E-state index contributed by atoms with van der Waals surface area (Å²) >= 11 is 0. The summed E-state index contributed by atoms with van der Waals surface area (Å²) in [5.74, 6) is 1.67. The number of carbonyl (C=O) groups excluding carboxylic acids is 1. The van der Waals surface area contributed by atoms with E-state index in [1.165, 1.54) is 0 Å². The lowest BCUT2D eigenvalue weighted by molar-refractivity contribution is 0.0939. The van der Waals surface area contributed by atoms with Crippen molar-refractivity contribution in [3.05, 3.63) is 59.0 Å². The number of aryl methyl sites for hydroxylation is 2. The highest BCUT2D eigenvalue weighted by Gasteiger charge is 2.18. The molecule has 1 heterocycles. The van der Waals surface area contributed by atoms with Gasteiger partial charge in [-0.05, 0) is 52.2 Å². The molecule has 1 unspecified atom stereocenters. The average molecular weight is 286 g/mol. The molecule has 4 heteroatoms. The van der Waals surface area contributed by atoms with E-state index in [2.05, 4.69) is 5.32 Å². The van der Waals surface area contributed by atoms with Gasteiger partial charge < -0.3 is 9.73 Å². The van der Waals surface area contributed by atoms with Crippen molar-refractivity contribution < 1.29 is 9.21 Å². The molecule has 0 bridgehead atoms. The molecule has 1 aromatic carbocycles. The van der Waals surface area contributed by atoms with Gasteiger partial charge in [-0.1, -0.05) is 17.7 Å². The van der Waals surface area contributed by atoms with Gasteiger partial charge in [0.25, 0.3) is 5.91 Å². The number of carbonyl (C=O) groups is 1. The van der Waals surface area contributed by atoms with Crippen LogP contribution >= 0.6 is 0 Å². The second kappa shape index (κ2) is 6.59. The van der Waals surface area contributed by atoms with E-state index in [9.17, 15) is 4.79 Å². The number of amides is 1. The molecule has 21 heavy (non-hydrogen) atoms. The third-order valence-electron chi connectivity index (χ3n) is 3.48. The summed E-state index contributed by atoms with van der Waals surface area (Å²) in [5.41, 5.74) is 1.82. The molecule has 0 aliphatic carbocycles. The number of nitrogens with one attached hydrogen (secondary N) is 1. The number of furan rings is 1. The largest absolute Gasteiger partial charge is 0.465 e. The highest BCUT2D eigenvalue weighted by Crippen LogP contribution is 2.20. The summed E-state index contributed by atoms with van der Waals surface area (Å²) in [5, 5.41) is 2.97. The van der Waals surface area contributed by atoms with Crippen LogP contribution in [-0.4, -0.2) is 31.4 Å². The molecule has 1 N–H and O–H groups in total. The van der Waals surface area contributed by atoms with Crippen LogP contribution in [0.2, 0.25) is 0 Å². The normalized spacial score (nSPS) is 12.4. The highest BCUT2D eigenvalue weighted by atomic mass is 16.3. The highest BCUT2D eigenvalue weighted by molar-refractivity contribution is 5.94. The number of hydrogen-bond acceptors (Lipinski definition) is 3. The minimum Gasteiger partial charge on any atom is -0.465 e. The summed E-state index contributed by atoms with van der Waals surface area (Å²) in [4.78, 5) is 14.2. The lowest BCUT2D eigenvalue weighted by Crippen LogP contribution is -2.34. The minimum atomic E-state index is -0.0647. The first-order valence-corrected chi connectivity index (χ1v) is 7.05. The van der Waals surface area contributed by atoms with Crippen LogP contribution in [0.1, 0.15) is 33.5 Å². The molecular weight excluding hydrogens is 264 g/mol. The first-order chi connectivity index (χ1) is 9.97. The lowest BCUT2D eigenvalue weighted by atomic mass is 10.1. The van der Waals surface area contributed by atoms with Gasteiger partial charge in [-0.3, -0.25) is 9.69 Å². The Morgan fingerprint density at radius 3 is 2.33 bits per heavy atom. The van der Waals surface area contributed by atoms with Crippen LogP contribution in [0.25, 0.3) is 0 Å². The monoisotopic (exact) mass is 286 g/mol. The smallest absolute Gasteiger partial charge is 0.251 e. The molecule has 1 aromatic heterocycles. The van der Waals surface area contributed by atoms with Crippen molar-refractivity contribution in [2.45, 2.75) is 19.9 Å². The van der Waals surface area contributed by atoms with Crippen LogP contribution in [0.5, 0.6) is 0 Å². The average Bonchev–Trinajstić information content (AvgIpc) is 2.85. The van der Waals surface area contributed by atoms with Crippen molar-refractivity contribution in [3.8, 4) is 0 Å². The Bertz CT molecular complexity index is 600. The molecule has 0 aliphatic rings. The van der Waals surface area contributed by atoms with Crippen molar-refractivity contribution in [2.24, 2.45) is 0 Å². The molecule has 1 atom stereocenters. The Labute approximate surface area is 125 Å². The van der Waals surface area contributed by atoms with Gasteiger partial charge in [0, 0.05) is 12.1 Å². The summed E-state index contributed by atoms with van der Waals surface area (Å²) < 4.78 is 5.67. The maximum Gasteiger partial charge on any atom is 0.251 e. The zero-order chi connectivity index (χ0) is 15.4. The number of hydrogen-bond donors (Lipinski definition) is 1. The van der Waals surface area contributed by atoms with Gasteiger partial charge in [-0.15, -0.1) is 0 Å². The summed E-state index contributed by atoms with van der Waals surface area (Å²) in [7, 11) is 3.95. The minimum absolute atomic E-state index is 0.0214. The number of likely N-dealkylation sites (N-methyl/N-ethyl adjacent to an activating group) is 1. The van der Waals surface area contributed by atoms with Crippen molar-refractivity contribution in [1.82, 2.24) is 10.2 Å². The molecule has 0 spiro atoms. The van der Waals surface area contributed by atoms with Crippen molar-refractivity contribution in [2.75, 3.05) is 20.6 Å². The van der Waals surface area contributed by atoms with Crippen LogP contribution in [0.15, 0.2) is 40.8 Å². The molecule has 0 saturated carbocycles. The van der Waals surface area contributed by atoms with Gasteiger partial charge in [0.1, 0.15) is 11.5 Å². The maximum atomic E-state index is 12.2. The van der Waals surface area contributed by atoms with E-state index in [0.29, 0.717) is 12.1 Å². The van der Waals surface area contributed by atoms with Crippen LogP contribution in [0.4, 0.5) is 0 Å². The molecule has 4 nitrogen and oxygen atoms in total. The van der Waals surface area contributed by atoms with Gasteiger partial charge in [0.2, 0.25) is 0 Å². The quantitative estimate of drug-likeness (QED) is 0.919. The Kier molecular flexibility index (Phi) is 4.81. The van der Waals surface area contributed by atoms with Gasteiger partial charge in [0.15, 0.2) is 0 Å². The Morgan fingerprint density at radius 2 is 1.81 bits per heavy atom. The maximum absolute atomic E-state index is 12.2. The lowest BCUT2D eigenvalue weighted by Gasteiger charge is -2.22. The third-order valence-corrected chi connectivity index (χ3v) is 3.48. The zero-order valence-corrected chi connectivity index (χ0v) is 13.0. The van der Waals surface area contributed by atoms with Crippen molar-refractivity contribution in [1.29, 1.82) is 0 Å². The molecule has 1 amide bonds. The van der Waals surface area contributed by atoms with Crippen molar-refractivity contribution >= 4 is 5.91 Å². The van der Waals surface area contributed by atoms with Gasteiger partial charge in [0.05, 0.1) is 6.04 Å². The fourth-order valence-corrected chi connectivity index (χ4v) is 2.17. The van der Waals surface area contributed by atoms with E-state index >= 15 is 0 Å². The number of nitrogens with zero attached hydrogens (tertiary/aromatic N) is 1. The van der Waals surface area contributed by atoms with Crippen molar-refractivity contribution in [3.63, 3.8) is 0 Å². The van der Waals surface area contributed by atoms with Gasteiger partial charge in [-0.2, -0.15) is 0 Å². The molecule has 112 valence electrons. The van der Waals surface area contributed by atoms with Gasteiger partial charge >= 0.3 is 0 Å². The second-order valence-corrected chi connectivity index (χ2v) is 5.50. The van der Waals surface area contributed by atoms with Gasteiger partial charge in [-0.25, -0.2) is 0 Å². The molecule has 0 saturated heterocycles. The summed E-state index contributed by atoms with van der Waals surface area (Å²) in [6.45, 7) is 4.43. The van der Waals surface area contributed by atoms with Crippen LogP contribution < -0.4 is 5.32 Å². The topological polar surface area (TPSA) is 45.5 Å². The van der Waals surface area contributed by atoms with E-state index < -0.39 is 0 Å². The van der Waals surface area contributed by atoms with E-state index in [1.807, 2.05) is 69.2 Å². The van der Waals surface area contributed by atoms with E-state index in [-0.39, 0.29) is 11.9 Å². The van der Waals surface area contributed by atoms with E-state index in [1.54, 1.807) is 0 Å². The number of benzene rings is 1. The van der Waals surface area contributed by atoms with Crippen LogP contribution in [0, 0.1) is 13.8 Å². The fraction of sp³-hybridized carbons (Fsp3) is 0.353. The van der Waals surface area contributed by atoms with E-state index in [4.69, 9.17) is 4.42 Å². The molecule has 2 rings (SSSR count). The molecular formula is C17H22N2O2. The third kappa shape index (κ3) is 3.95. The zero-order valence-electron chi connectivity index (χ0n) is 13.0. The van der Waals surface area contributed by atoms with Crippen LogP contribution in [0.3, 0.4) is 0 Å². The Hall–Kier alpha value is -2.07. The summed E-state index contributed by atoms with van der Waals surface area (Å²) in [6, 6.07) is 11.5. The Balaban J connectivity index is 2.02. The Morgan fingerprint density at radius 1 is 1.14 bits per heavy atom. The van der Waals surface area contributed by atoms with Crippen LogP contribution in [-0.2, 0) is 0 Å². The predicted molar refractivity (Wildman–Crippen MR) is 83.4 cm³/mol. The molecule has 0 aliphatic heterocycles. The predicted octanol–water partition coefficient (Wildman–Crippen LogP) is 2.93. The number of rotatable bonds is 5. The summed E-state index contributed by atoms with van der Waals surface area (Å²) in [6.07, 6.45) is 0. The first-order valence-electron chi connectivity index (χ1n) is 7.05. The molecule has 0 radical (unpaired) electrons. The fourth-order valence-electron chi connectivity index (χ4n) is 2.17. The molecule has 2 aromatic rings. The first kappa shape index (κ1) is 15.3. The standard InChI is InChI=1S/C17H22N2O2/c1-12-5-8-14(9-6-12)17(20)18-11-15(19(3)4)16-10-7-13(2)21-16/h5-10,15H,11H2,1-4H3,(H,18,20). The SMILES string of the molecule is Cc1ccc(C(=O)NCC(c2ccc(C)o2)N(C)C)cc1.